The van der Waals surface area contributed by atoms with Crippen LogP contribution in [0.5, 0.6) is 0 Å². The Balaban J connectivity index is 2.27. The van der Waals surface area contributed by atoms with Gasteiger partial charge < -0.3 is 4.90 Å². The Bertz CT molecular complexity index is 834. The third kappa shape index (κ3) is 6.00. The van der Waals surface area contributed by atoms with Gasteiger partial charge in [-0.2, -0.15) is 0 Å². The fourth-order valence-corrected chi connectivity index (χ4v) is 2.76. The van der Waals surface area contributed by atoms with Crippen LogP contribution in [0.25, 0.3) is 10.9 Å². The molecule has 0 aliphatic rings. The zero-order chi connectivity index (χ0) is 19.8. The van der Waals surface area contributed by atoms with Gasteiger partial charge in [-0.3, -0.25) is 0 Å². The number of aryl methyl sites for hydroxylation is 1. The minimum absolute atomic E-state index is 0.150. The number of hydrogen-bond donors (Lipinski definition) is 1. The van der Waals surface area contributed by atoms with Crippen molar-refractivity contribution in [1.29, 1.82) is 0 Å². The minimum atomic E-state index is -0.150. The molecule has 0 spiro atoms. The number of carbonyl (C=O) groups excluding carboxylic acids is 1. The van der Waals surface area contributed by atoms with Crippen LogP contribution >= 0.6 is 0 Å². The standard InChI is InChI=1S/C20H28BN5O/c1-6-26(13-11-21-3)20-17-10-9-16(14-18(17)22-15(2)23-20)24-19(27)8-7-12-25(4)5/h7-10,14H,3,6,11-13H2,1-2,4-5H3,(H,24,27)/b8-7+. The molecule has 0 unspecified atom stereocenters. The molecule has 2 aromatic rings. The predicted molar refractivity (Wildman–Crippen MR) is 116 cm³/mol. The maximum absolute atomic E-state index is 12.1. The van der Waals surface area contributed by atoms with Crippen molar-refractivity contribution in [1.82, 2.24) is 14.9 Å². The Labute approximate surface area is 162 Å². The van der Waals surface area contributed by atoms with Crippen LogP contribution in [0, 0.1) is 6.92 Å². The van der Waals surface area contributed by atoms with Gasteiger partial charge in [-0.1, -0.05) is 0 Å². The van der Waals surface area contributed by atoms with Crippen molar-refractivity contribution in [2.24, 2.45) is 0 Å². The van der Waals surface area contributed by atoms with E-state index in [4.69, 9.17) is 0 Å². The van der Waals surface area contributed by atoms with E-state index >= 15 is 0 Å². The zero-order valence-corrected chi connectivity index (χ0v) is 16.7. The number of aromatic nitrogens is 2. The van der Waals surface area contributed by atoms with E-state index in [-0.39, 0.29) is 5.91 Å². The van der Waals surface area contributed by atoms with Gasteiger partial charge in [-0.25, -0.2) is 0 Å². The van der Waals surface area contributed by atoms with Crippen molar-refractivity contribution in [3.05, 3.63) is 36.2 Å². The Morgan fingerprint density at radius 2 is 2.11 bits per heavy atom. The summed E-state index contributed by atoms with van der Waals surface area (Å²) in [6, 6.07) is 5.76. The molecule has 0 saturated heterocycles. The van der Waals surface area contributed by atoms with Gasteiger partial charge in [0.25, 0.3) is 0 Å². The number of anilines is 2. The van der Waals surface area contributed by atoms with Crippen LogP contribution in [0.4, 0.5) is 11.5 Å². The Kier molecular flexibility index (Phi) is 7.67. The van der Waals surface area contributed by atoms with Crippen LogP contribution in [0.1, 0.15) is 12.7 Å². The SMILES string of the molecule is C=BCCN(CC)c1nc(C)nc2cc(NC(=O)/C=C/CN(C)C)ccc12. The molecule has 27 heavy (non-hydrogen) atoms. The molecule has 6 nitrogen and oxygen atoms in total. The van der Waals surface area contributed by atoms with Gasteiger partial charge in [0, 0.05) is 6.54 Å². The molecule has 0 atom stereocenters. The van der Waals surface area contributed by atoms with Crippen LogP contribution in [-0.4, -0.2) is 67.9 Å². The summed E-state index contributed by atoms with van der Waals surface area (Å²) in [4.78, 5) is 25.5. The van der Waals surface area contributed by atoms with E-state index in [1.54, 1.807) is 6.08 Å². The summed E-state index contributed by atoms with van der Waals surface area (Å²) in [5, 5.41) is 3.87. The maximum atomic E-state index is 12.1. The monoisotopic (exact) mass is 365 g/mol. The summed E-state index contributed by atoms with van der Waals surface area (Å²) < 4.78 is 0. The van der Waals surface area contributed by atoms with Gasteiger partial charge in [0.15, 0.2) is 0 Å². The molecule has 0 aliphatic carbocycles. The van der Waals surface area contributed by atoms with Gasteiger partial charge >= 0.3 is 136 Å². The number of nitrogens with zero attached hydrogens (tertiary/aromatic N) is 4. The second-order valence-electron chi connectivity index (χ2n) is 6.64. The second kappa shape index (κ2) is 9.97. The fraction of sp³-hybridized carbons (Fsp3) is 0.400. The first kappa shape index (κ1) is 20.8. The van der Waals surface area contributed by atoms with Crippen LogP contribution in [0.3, 0.4) is 0 Å². The average Bonchev–Trinajstić information content (AvgIpc) is 2.61. The summed E-state index contributed by atoms with van der Waals surface area (Å²) >= 11 is 0. The number of rotatable bonds is 9. The first-order valence-corrected chi connectivity index (χ1v) is 9.21. The van der Waals surface area contributed by atoms with E-state index < -0.39 is 0 Å². The molecular formula is C20H28BN5O. The van der Waals surface area contributed by atoms with Crippen LogP contribution in [0.2, 0.25) is 6.32 Å². The van der Waals surface area contributed by atoms with Gasteiger partial charge in [-0.05, 0) is 14.1 Å². The van der Waals surface area contributed by atoms with Crippen molar-refractivity contribution in [2.45, 2.75) is 20.2 Å². The number of nitrogens with one attached hydrogen (secondary N) is 1. The summed E-state index contributed by atoms with van der Waals surface area (Å²) in [5.41, 5.74) is 1.55. The first-order valence-electron chi connectivity index (χ1n) is 9.21. The number of hydrogen-bond acceptors (Lipinski definition) is 5. The molecule has 0 fully saturated rings. The molecule has 0 radical (unpaired) electrons. The van der Waals surface area contributed by atoms with E-state index in [1.807, 2.05) is 57.1 Å². The first-order chi connectivity index (χ1) is 12.9. The van der Waals surface area contributed by atoms with Crippen LogP contribution in [-0.2, 0) is 4.79 Å². The number of benzene rings is 1. The Morgan fingerprint density at radius 3 is 2.78 bits per heavy atom. The Morgan fingerprint density at radius 1 is 1.33 bits per heavy atom. The van der Waals surface area contributed by atoms with E-state index in [2.05, 4.69) is 33.6 Å². The normalized spacial score (nSPS) is 11.1. The number of amides is 1. The van der Waals surface area contributed by atoms with Gasteiger partial charge in [0.05, 0.1) is 0 Å². The molecule has 1 amide bonds. The summed E-state index contributed by atoms with van der Waals surface area (Å²) in [7, 11) is 3.92. The molecule has 0 aliphatic heterocycles. The molecule has 2 rings (SSSR count). The van der Waals surface area contributed by atoms with E-state index in [1.165, 1.54) is 0 Å². The molecular weight excluding hydrogens is 337 g/mol. The van der Waals surface area contributed by atoms with Crippen LogP contribution < -0.4 is 10.2 Å². The van der Waals surface area contributed by atoms with Gasteiger partial charge in [-0.15, -0.1) is 0 Å². The Hall–Kier alpha value is -2.54. The average molecular weight is 365 g/mol. The molecule has 0 bridgehead atoms. The molecule has 142 valence electrons. The van der Waals surface area contributed by atoms with Crippen molar-refractivity contribution in [3.63, 3.8) is 0 Å². The third-order valence-electron chi connectivity index (χ3n) is 4.08. The van der Waals surface area contributed by atoms with Gasteiger partial charge in [0.1, 0.15) is 0 Å². The molecule has 7 heteroatoms. The predicted octanol–water partition coefficient (Wildman–Crippen LogP) is 2.38. The van der Waals surface area contributed by atoms with Crippen molar-refractivity contribution in [2.75, 3.05) is 43.9 Å². The second-order valence-corrected chi connectivity index (χ2v) is 6.64. The quantitative estimate of drug-likeness (QED) is 0.546. The van der Waals surface area contributed by atoms with Crippen LogP contribution in [0.15, 0.2) is 30.4 Å². The zero-order valence-electron chi connectivity index (χ0n) is 16.7. The molecule has 0 saturated carbocycles. The van der Waals surface area contributed by atoms with E-state index in [0.29, 0.717) is 5.82 Å². The third-order valence-corrected chi connectivity index (χ3v) is 4.08. The molecule has 1 heterocycles. The number of likely N-dealkylation sites (N-methyl/N-ethyl adjacent to an activating group) is 1. The fourth-order valence-electron chi connectivity index (χ4n) is 2.76. The molecule has 1 aromatic heterocycles. The van der Waals surface area contributed by atoms with E-state index in [0.717, 1.165) is 48.4 Å². The van der Waals surface area contributed by atoms with Crippen molar-refractivity contribution >= 4 is 41.7 Å². The van der Waals surface area contributed by atoms with Crippen molar-refractivity contribution < 1.29 is 4.79 Å². The van der Waals surface area contributed by atoms with E-state index in [9.17, 15) is 4.79 Å². The summed E-state index contributed by atoms with van der Waals surface area (Å²) in [5.74, 6) is 1.48. The number of carbonyl (C=O) groups is 1. The summed E-state index contributed by atoms with van der Waals surface area (Å²) in [6.45, 7) is 12.2. The topological polar surface area (TPSA) is 61.4 Å². The van der Waals surface area contributed by atoms with Gasteiger partial charge in [0.2, 0.25) is 0 Å². The molecule has 1 N–H and O–H groups in total. The summed E-state index contributed by atoms with van der Waals surface area (Å²) in [6.07, 6.45) is 4.28. The molecule has 1 aromatic carbocycles. The van der Waals surface area contributed by atoms with Crippen molar-refractivity contribution in [3.8, 4) is 0 Å². The number of fused-ring (bicyclic) bond motifs is 1.